The number of hydrogen-bond donors (Lipinski definition) is 0. The Kier molecular flexibility index (Phi) is 5.01. The van der Waals surface area contributed by atoms with Crippen LogP contribution < -0.4 is 4.90 Å². The van der Waals surface area contributed by atoms with E-state index in [1.165, 1.54) is 22.0 Å². The molecule has 0 radical (unpaired) electrons. The standard InChI is InChI=1S/C26H26N4O/c1-28-10-9-24(22(17-27)18-28)26-8-7-25(29(26)2)21-4-3-20-16-23(6-5-19(20)15-21)30-11-13-31-14-12-30/h3-10,15-16H,11-14,18H2,1-2H3. The Morgan fingerprint density at radius 3 is 2.45 bits per heavy atom. The lowest BCUT2D eigenvalue weighted by molar-refractivity contribution is 0.122. The molecule has 3 heterocycles. The van der Waals surface area contributed by atoms with Crippen molar-refractivity contribution in [1.29, 1.82) is 5.26 Å². The highest BCUT2D eigenvalue weighted by Gasteiger charge is 2.17. The summed E-state index contributed by atoms with van der Waals surface area (Å²) in [7, 11) is 4.06. The third-order valence-electron chi connectivity index (χ3n) is 6.26. The molecule has 0 aliphatic carbocycles. The molecule has 2 aliphatic heterocycles. The minimum Gasteiger partial charge on any atom is -0.378 e. The third-order valence-corrected chi connectivity index (χ3v) is 6.26. The van der Waals surface area contributed by atoms with Gasteiger partial charge in [0, 0.05) is 49.8 Å². The fourth-order valence-corrected chi connectivity index (χ4v) is 4.51. The van der Waals surface area contributed by atoms with Gasteiger partial charge >= 0.3 is 0 Å². The monoisotopic (exact) mass is 410 g/mol. The minimum absolute atomic E-state index is 0.643. The van der Waals surface area contributed by atoms with Crippen molar-refractivity contribution >= 4 is 22.0 Å². The molecule has 2 aliphatic rings. The molecule has 5 rings (SSSR count). The van der Waals surface area contributed by atoms with Gasteiger partial charge in [0.05, 0.1) is 31.4 Å². The number of allylic oxidation sites excluding steroid dienone is 2. The topological polar surface area (TPSA) is 44.4 Å². The molecule has 1 aromatic heterocycles. The first-order valence-corrected chi connectivity index (χ1v) is 10.7. The molecule has 5 nitrogen and oxygen atoms in total. The quantitative estimate of drug-likeness (QED) is 0.641. The lowest BCUT2D eigenvalue weighted by atomic mass is 10.0. The zero-order valence-electron chi connectivity index (χ0n) is 18.0. The Balaban J connectivity index is 1.49. The Morgan fingerprint density at radius 1 is 0.903 bits per heavy atom. The van der Waals surface area contributed by atoms with Gasteiger partial charge < -0.3 is 19.1 Å². The zero-order valence-corrected chi connectivity index (χ0v) is 18.0. The van der Waals surface area contributed by atoms with Gasteiger partial charge in [-0.15, -0.1) is 0 Å². The molecule has 1 fully saturated rings. The summed E-state index contributed by atoms with van der Waals surface area (Å²) in [5.74, 6) is 0. The lowest BCUT2D eigenvalue weighted by Crippen LogP contribution is -2.36. The fraction of sp³-hybridized carbons (Fsp3) is 0.269. The first kappa shape index (κ1) is 19.5. The summed E-state index contributed by atoms with van der Waals surface area (Å²) in [5, 5.41) is 12.1. The van der Waals surface area contributed by atoms with Crippen LogP contribution in [0, 0.1) is 11.3 Å². The number of nitriles is 1. The molecule has 2 aromatic carbocycles. The van der Waals surface area contributed by atoms with Crippen LogP contribution in [0.15, 0.2) is 66.4 Å². The summed E-state index contributed by atoms with van der Waals surface area (Å²) in [5.41, 5.74) is 6.45. The fourth-order valence-electron chi connectivity index (χ4n) is 4.51. The number of anilines is 1. The lowest BCUT2D eigenvalue weighted by Gasteiger charge is -2.29. The molecule has 0 atom stereocenters. The molecule has 0 unspecified atom stereocenters. The summed E-state index contributed by atoms with van der Waals surface area (Å²) >= 11 is 0. The Labute approximate surface area is 183 Å². The predicted molar refractivity (Wildman–Crippen MR) is 126 cm³/mol. The number of likely N-dealkylation sites (N-methyl/N-ethyl adjacent to an activating group) is 1. The average molecular weight is 411 g/mol. The van der Waals surface area contributed by atoms with Crippen molar-refractivity contribution in [3.05, 3.63) is 72.1 Å². The first-order chi connectivity index (χ1) is 15.1. The number of ether oxygens (including phenoxy) is 1. The predicted octanol–water partition coefficient (Wildman–Crippen LogP) is 4.42. The highest BCUT2D eigenvalue weighted by molar-refractivity contribution is 5.90. The number of rotatable bonds is 3. The van der Waals surface area contributed by atoms with Crippen LogP contribution in [0.4, 0.5) is 5.69 Å². The maximum atomic E-state index is 9.60. The van der Waals surface area contributed by atoms with E-state index >= 15 is 0 Å². The van der Waals surface area contributed by atoms with Crippen molar-refractivity contribution < 1.29 is 4.74 Å². The van der Waals surface area contributed by atoms with Gasteiger partial charge in [-0.2, -0.15) is 5.26 Å². The summed E-state index contributed by atoms with van der Waals surface area (Å²) in [6.45, 7) is 4.12. The molecule has 5 heteroatoms. The molecule has 1 saturated heterocycles. The number of hydrogen-bond acceptors (Lipinski definition) is 4. The molecular weight excluding hydrogens is 384 g/mol. The van der Waals surface area contributed by atoms with Crippen molar-refractivity contribution in [3.8, 4) is 17.3 Å². The van der Waals surface area contributed by atoms with E-state index in [2.05, 4.69) is 71.1 Å². The average Bonchev–Trinajstić information content (AvgIpc) is 3.19. The van der Waals surface area contributed by atoms with E-state index < -0.39 is 0 Å². The van der Waals surface area contributed by atoms with Crippen molar-refractivity contribution in [2.45, 2.75) is 0 Å². The van der Waals surface area contributed by atoms with Gasteiger partial charge in [-0.25, -0.2) is 0 Å². The Hall–Kier alpha value is -3.49. The van der Waals surface area contributed by atoms with Gasteiger partial charge in [-0.1, -0.05) is 18.2 Å². The minimum atomic E-state index is 0.643. The van der Waals surface area contributed by atoms with Crippen LogP contribution in [0.1, 0.15) is 5.69 Å². The van der Waals surface area contributed by atoms with E-state index in [1.807, 2.05) is 24.2 Å². The van der Waals surface area contributed by atoms with Crippen LogP contribution in [-0.2, 0) is 11.8 Å². The molecule has 0 saturated carbocycles. The van der Waals surface area contributed by atoms with Crippen molar-refractivity contribution in [3.63, 3.8) is 0 Å². The van der Waals surface area contributed by atoms with Gasteiger partial charge in [0.25, 0.3) is 0 Å². The molecule has 0 spiro atoms. The molecular formula is C26H26N4O. The number of morpholine rings is 1. The number of fused-ring (bicyclic) bond motifs is 1. The Bertz CT molecular complexity index is 1240. The third kappa shape index (κ3) is 3.60. The summed E-state index contributed by atoms with van der Waals surface area (Å²) in [6, 6.07) is 20.0. The van der Waals surface area contributed by atoms with Crippen molar-refractivity contribution in [2.24, 2.45) is 7.05 Å². The van der Waals surface area contributed by atoms with E-state index in [0.717, 1.165) is 48.8 Å². The molecule has 156 valence electrons. The van der Waals surface area contributed by atoms with E-state index in [-0.39, 0.29) is 0 Å². The molecule has 31 heavy (non-hydrogen) atoms. The first-order valence-electron chi connectivity index (χ1n) is 10.7. The number of benzene rings is 2. The van der Waals surface area contributed by atoms with E-state index in [1.54, 1.807) is 0 Å². The molecule has 0 bridgehead atoms. The van der Waals surface area contributed by atoms with Crippen LogP contribution in [-0.4, -0.2) is 49.4 Å². The second kappa shape index (κ2) is 7.98. The zero-order chi connectivity index (χ0) is 21.4. The maximum absolute atomic E-state index is 9.60. The summed E-state index contributed by atoms with van der Waals surface area (Å²) in [6.07, 6.45) is 4.07. The molecule has 0 amide bonds. The summed E-state index contributed by atoms with van der Waals surface area (Å²) in [4.78, 5) is 4.41. The Morgan fingerprint density at radius 2 is 1.65 bits per heavy atom. The van der Waals surface area contributed by atoms with E-state index in [4.69, 9.17) is 4.74 Å². The van der Waals surface area contributed by atoms with Crippen molar-refractivity contribution in [2.75, 3.05) is 44.8 Å². The number of aromatic nitrogens is 1. The highest BCUT2D eigenvalue weighted by atomic mass is 16.5. The molecule has 0 N–H and O–H groups in total. The van der Waals surface area contributed by atoms with Gasteiger partial charge in [0.2, 0.25) is 0 Å². The van der Waals surface area contributed by atoms with Crippen LogP contribution in [0.2, 0.25) is 0 Å². The number of nitrogens with zero attached hydrogens (tertiary/aromatic N) is 4. The van der Waals surface area contributed by atoms with Gasteiger partial charge in [-0.05, 0) is 58.9 Å². The highest BCUT2D eigenvalue weighted by Crippen LogP contribution is 2.32. The largest absolute Gasteiger partial charge is 0.378 e. The van der Waals surface area contributed by atoms with Gasteiger partial charge in [0.1, 0.15) is 0 Å². The second-order valence-electron chi connectivity index (χ2n) is 8.24. The van der Waals surface area contributed by atoms with Crippen LogP contribution >= 0.6 is 0 Å². The second-order valence-corrected chi connectivity index (χ2v) is 8.24. The molecule has 3 aromatic rings. The van der Waals surface area contributed by atoms with Gasteiger partial charge in [-0.3, -0.25) is 0 Å². The van der Waals surface area contributed by atoms with Crippen LogP contribution in [0.25, 0.3) is 27.6 Å². The normalized spacial score (nSPS) is 16.8. The van der Waals surface area contributed by atoms with E-state index in [0.29, 0.717) is 6.54 Å². The maximum Gasteiger partial charge on any atom is 0.0973 e. The van der Waals surface area contributed by atoms with E-state index in [9.17, 15) is 5.26 Å². The van der Waals surface area contributed by atoms with Crippen LogP contribution in [0.5, 0.6) is 0 Å². The SMILES string of the molecule is CN1C=CC(c2ccc(-c3ccc4cc(N5CCOCC5)ccc4c3)n2C)=C(C#N)C1. The van der Waals surface area contributed by atoms with Crippen LogP contribution in [0.3, 0.4) is 0 Å². The summed E-state index contributed by atoms with van der Waals surface area (Å²) < 4.78 is 7.66. The smallest absolute Gasteiger partial charge is 0.0973 e. The van der Waals surface area contributed by atoms with Crippen molar-refractivity contribution in [1.82, 2.24) is 9.47 Å². The van der Waals surface area contributed by atoms with Gasteiger partial charge in [0.15, 0.2) is 0 Å².